The van der Waals surface area contributed by atoms with Crippen LogP contribution in [0.1, 0.15) is 16.9 Å². The van der Waals surface area contributed by atoms with Crippen LogP contribution in [0.3, 0.4) is 0 Å². The van der Waals surface area contributed by atoms with E-state index in [1.807, 2.05) is 12.1 Å². The third-order valence-corrected chi connectivity index (χ3v) is 5.21. The molecule has 0 aliphatic heterocycles. The Morgan fingerprint density at radius 3 is 2.48 bits per heavy atom. The fourth-order valence-electron chi connectivity index (χ4n) is 3.23. The van der Waals surface area contributed by atoms with E-state index in [9.17, 15) is 14.4 Å². The summed E-state index contributed by atoms with van der Waals surface area (Å²) in [7, 11) is 1.58. The fraction of sp³-hybridized carbons (Fsp3) is 0.143. The molecule has 4 N–H and O–H groups in total. The third kappa shape index (κ3) is 4.65. The van der Waals surface area contributed by atoms with Gasteiger partial charge < -0.3 is 4.74 Å². The highest BCUT2D eigenvalue weighted by Crippen LogP contribution is 2.21. The maximum atomic E-state index is 12.5. The van der Waals surface area contributed by atoms with Gasteiger partial charge in [0, 0.05) is 23.9 Å². The number of nitrogens with zero attached hydrogens (tertiary/aromatic N) is 3. The van der Waals surface area contributed by atoms with Crippen molar-refractivity contribution in [2.75, 3.05) is 7.11 Å². The van der Waals surface area contributed by atoms with Crippen molar-refractivity contribution in [1.29, 1.82) is 0 Å². The third-order valence-electron chi connectivity index (χ3n) is 4.90. The maximum Gasteiger partial charge on any atom is 0.290 e. The van der Waals surface area contributed by atoms with Gasteiger partial charge in [0.05, 0.1) is 12.5 Å². The summed E-state index contributed by atoms with van der Waals surface area (Å²) < 4.78 is 7.21. The summed E-state index contributed by atoms with van der Waals surface area (Å²) in [6.45, 7) is 0.234. The van der Waals surface area contributed by atoms with Crippen LogP contribution in [0.15, 0.2) is 53.3 Å². The molecule has 0 aliphatic carbocycles. The zero-order chi connectivity index (χ0) is 23.4. The average molecular weight is 465 g/mol. The normalized spacial score (nSPS) is 10.7. The molecule has 0 spiro atoms. The lowest BCUT2D eigenvalue weighted by molar-refractivity contribution is -0.122. The number of H-pyrrole nitrogens is 2. The van der Waals surface area contributed by atoms with E-state index in [2.05, 4.69) is 31.2 Å². The van der Waals surface area contributed by atoms with Crippen LogP contribution >= 0.6 is 12.2 Å². The highest BCUT2D eigenvalue weighted by atomic mass is 32.1. The minimum Gasteiger partial charge on any atom is -0.497 e. The van der Waals surface area contributed by atoms with Crippen LogP contribution in [0.25, 0.3) is 22.2 Å². The number of hydrogen-bond acceptors (Lipinski definition) is 7. The smallest absolute Gasteiger partial charge is 0.290 e. The average Bonchev–Trinajstić information content (AvgIpc) is 3.21. The van der Waals surface area contributed by atoms with Crippen molar-refractivity contribution in [1.82, 2.24) is 35.8 Å². The Balaban J connectivity index is 1.40. The van der Waals surface area contributed by atoms with Crippen molar-refractivity contribution in [3.63, 3.8) is 0 Å². The molecule has 0 aliphatic rings. The standard InChI is InChI=1S/C21H19N7O4S/c1-32-13-8-6-12(7-9-13)18-24-27-21(33)28(18)11-10-16(29)22-26-20(31)17-14-4-2-3-5-15(14)19(30)25-23-17/h2-9H,10-11H2,1H3,(H,22,29)(H,25,30)(H,26,31)(H,27,33). The minimum atomic E-state index is -0.658. The molecule has 0 saturated heterocycles. The van der Waals surface area contributed by atoms with Gasteiger partial charge in [-0.25, -0.2) is 5.10 Å². The van der Waals surface area contributed by atoms with Crippen LogP contribution in [0.5, 0.6) is 5.75 Å². The molecule has 12 heteroatoms. The van der Waals surface area contributed by atoms with Gasteiger partial charge in [-0.3, -0.25) is 34.9 Å². The number of aromatic amines is 2. The van der Waals surface area contributed by atoms with Crippen LogP contribution in [0.2, 0.25) is 0 Å². The van der Waals surface area contributed by atoms with E-state index in [1.165, 1.54) is 0 Å². The lowest BCUT2D eigenvalue weighted by atomic mass is 10.1. The summed E-state index contributed by atoms with van der Waals surface area (Å²) in [4.78, 5) is 36.7. The van der Waals surface area contributed by atoms with Gasteiger partial charge in [0.15, 0.2) is 16.3 Å². The Morgan fingerprint density at radius 2 is 1.76 bits per heavy atom. The van der Waals surface area contributed by atoms with Gasteiger partial charge in [-0.1, -0.05) is 18.2 Å². The Kier molecular flexibility index (Phi) is 6.26. The van der Waals surface area contributed by atoms with Gasteiger partial charge in [0.1, 0.15) is 5.75 Å². The predicted octanol–water partition coefficient (Wildman–Crippen LogP) is 1.70. The lowest BCUT2D eigenvalue weighted by Crippen LogP contribution is -2.42. The number of amides is 2. The van der Waals surface area contributed by atoms with Crippen molar-refractivity contribution in [3.8, 4) is 17.1 Å². The Morgan fingerprint density at radius 1 is 1.03 bits per heavy atom. The molecular weight excluding hydrogens is 446 g/mol. The minimum absolute atomic E-state index is 0.00986. The topological polar surface area (TPSA) is 147 Å². The summed E-state index contributed by atoms with van der Waals surface area (Å²) >= 11 is 5.28. The van der Waals surface area contributed by atoms with Crippen LogP contribution in [-0.2, 0) is 11.3 Å². The van der Waals surface area contributed by atoms with Gasteiger partial charge in [-0.05, 0) is 42.5 Å². The van der Waals surface area contributed by atoms with Crippen molar-refractivity contribution in [2.24, 2.45) is 0 Å². The Labute approximate surface area is 191 Å². The van der Waals surface area contributed by atoms with Crippen molar-refractivity contribution in [3.05, 3.63) is 69.3 Å². The second-order valence-corrected chi connectivity index (χ2v) is 7.32. The number of fused-ring (bicyclic) bond motifs is 1. The number of hydrogen-bond donors (Lipinski definition) is 4. The van der Waals surface area contributed by atoms with Gasteiger partial charge in [0.2, 0.25) is 5.91 Å². The highest BCUT2D eigenvalue weighted by Gasteiger charge is 2.15. The van der Waals surface area contributed by atoms with Crippen LogP contribution in [0, 0.1) is 4.77 Å². The van der Waals surface area contributed by atoms with E-state index in [0.717, 1.165) is 5.56 Å². The Bertz CT molecular complexity index is 1440. The maximum absolute atomic E-state index is 12.5. The number of methoxy groups -OCH3 is 1. The van der Waals surface area contributed by atoms with E-state index in [1.54, 1.807) is 48.1 Å². The number of carbonyl (C=O) groups excluding carboxylic acids is 2. The first-order chi connectivity index (χ1) is 16.0. The molecule has 168 valence electrons. The van der Waals surface area contributed by atoms with Gasteiger partial charge in [-0.2, -0.15) is 10.2 Å². The van der Waals surface area contributed by atoms with E-state index >= 15 is 0 Å². The molecule has 0 unspecified atom stereocenters. The van der Waals surface area contributed by atoms with Crippen LogP contribution < -0.4 is 21.1 Å². The van der Waals surface area contributed by atoms with Crippen molar-refractivity contribution in [2.45, 2.75) is 13.0 Å². The Hall–Kier alpha value is -4.32. The molecule has 0 saturated carbocycles. The van der Waals surface area contributed by atoms with Gasteiger partial charge in [0.25, 0.3) is 11.5 Å². The lowest BCUT2D eigenvalue weighted by Gasteiger charge is -2.10. The molecule has 4 rings (SSSR count). The van der Waals surface area contributed by atoms with Gasteiger partial charge in [-0.15, -0.1) is 0 Å². The number of nitrogens with one attached hydrogen (secondary N) is 4. The van der Waals surface area contributed by atoms with Gasteiger partial charge >= 0.3 is 0 Å². The van der Waals surface area contributed by atoms with Crippen molar-refractivity contribution < 1.29 is 14.3 Å². The number of benzene rings is 2. The molecule has 0 radical (unpaired) electrons. The zero-order valence-electron chi connectivity index (χ0n) is 17.4. The molecule has 2 aromatic carbocycles. The molecule has 11 nitrogen and oxygen atoms in total. The van der Waals surface area contributed by atoms with Crippen LogP contribution in [-0.4, -0.2) is 43.9 Å². The summed E-state index contributed by atoms with van der Waals surface area (Å²) in [5, 5.41) is 13.7. The second kappa shape index (κ2) is 9.44. The summed E-state index contributed by atoms with van der Waals surface area (Å²) in [6.07, 6.45) is 0.0249. The first-order valence-electron chi connectivity index (χ1n) is 9.84. The van der Waals surface area contributed by atoms with E-state index in [4.69, 9.17) is 17.0 Å². The molecule has 0 atom stereocenters. The van der Waals surface area contributed by atoms with Crippen molar-refractivity contribution >= 4 is 34.8 Å². The van der Waals surface area contributed by atoms with E-state index in [0.29, 0.717) is 27.1 Å². The molecule has 33 heavy (non-hydrogen) atoms. The predicted molar refractivity (Wildman–Crippen MR) is 122 cm³/mol. The molecule has 2 aromatic heterocycles. The molecule has 0 fully saturated rings. The summed E-state index contributed by atoms with van der Waals surface area (Å²) in [5.74, 6) is 0.179. The molecule has 2 amide bonds. The number of rotatable bonds is 6. The monoisotopic (exact) mass is 465 g/mol. The SMILES string of the molecule is COc1ccc(-c2n[nH]c(=S)n2CCC(=O)NNC(=O)c2n[nH]c(=O)c3ccccc23)cc1. The first-order valence-corrected chi connectivity index (χ1v) is 10.2. The molecule has 2 heterocycles. The number of hydrazine groups is 1. The van der Waals surface area contributed by atoms with E-state index < -0.39 is 17.4 Å². The number of aromatic nitrogens is 5. The number of ether oxygens (including phenoxy) is 1. The second-order valence-electron chi connectivity index (χ2n) is 6.93. The highest BCUT2D eigenvalue weighted by molar-refractivity contribution is 7.71. The van der Waals surface area contributed by atoms with Crippen LogP contribution in [0.4, 0.5) is 0 Å². The molecule has 4 aromatic rings. The fourth-order valence-corrected chi connectivity index (χ4v) is 3.46. The summed E-state index contributed by atoms with van der Waals surface area (Å²) in [5.41, 5.74) is 5.05. The largest absolute Gasteiger partial charge is 0.497 e. The zero-order valence-corrected chi connectivity index (χ0v) is 18.2. The summed E-state index contributed by atoms with van der Waals surface area (Å²) in [6, 6.07) is 13.8. The number of carbonyl (C=O) groups is 2. The molecule has 0 bridgehead atoms. The van der Waals surface area contributed by atoms with E-state index in [-0.39, 0.29) is 18.7 Å². The molecular formula is C21H19N7O4S. The first kappa shape index (κ1) is 21.9. The quantitative estimate of drug-likeness (QED) is 0.250.